The van der Waals surface area contributed by atoms with Gasteiger partial charge in [0.05, 0.1) is 6.54 Å². The lowest BCUT2D eigenvalue weighted by Crippen LogP contribution is -2.45. The number of nitrogens with zero attached hydrogens (tertiary/aromatic N) is 2. The minimum Gasteiger partial charge on any atom is -0.353 e. The van der Waals surface area contributed by atoms with E-state index in [1.54, 1.807) is 11.3 Å². The van der Waals surface area contributed by atoms with E-state index in [0.717, 1.165) is 55.8 Å². The highest BCUT2D eigenvalue weighted by molar-refractivity contribution is 7.09. The van der Waals surface area contributed by atoms with Gasteiger partial charge in [0.15, 0.2) is 5.78 Å². The molecule has 0 spiro atoms. The number of carbonyl (C=O) groups is 2. The van der Waals surface area contributed by atoms with Crippen molar-refractivity contribution in [3.05, 3.63) is 45.4 Å². The second-order valence-electron chi connectivity index (χ2n) is 9.28. The van der Waals surface area contributed by atoms with Crippen molar-refractivity contribution in [2.45, 2.75) is 66.5 Å². The molecule has 5 nitrogen and oxygen atoms in total. The third-order valence-electron chi connectivity index (χ3n) is 6.73. The highest BCUT2D eigenvalue weighted by Crippen LogP contribution is 2.21. The van der Waals surface area contributed by atoms with E-state index < -0.39 is 0 Å². The van der Waals surface area contributed by atoms with Crippen LogP contribution in [0.5, 0.6) is 0 Å². The minimum absolute atomic E-state index is 0.0647. The summed E-state index contributed by atoms with van der Waals surface area (Å²) in [4.78, 5) is 29.1. The van der Waals surface area contributed by atoms with E-state index in [1.165, 1.54) is 4.88 Å². The molecule has 1 aliphatic rings. The molecule has 3 rings (SSSR count). The number of rotatable bonds is 9. The van der Waals surface area contributed by atoms with Gasteiger partial charge in [-0.1, -0.05) is 19.9 Å². The van der Waals surface area contributed by atoms with E-state index in [0.29, 0.717) is 12.5 Å². The summed E-state index contributed by atoms with van der Waals surface area (Å²) < 4.78 is 2.26. The van der Waals surface area contributed by atoms with Crippen LogP contribution in [-0.4, -0.2) is 46.8 Å². The predicted molar refractivity (Wildman–Crippen MR) is 128 cm³/mol. The van der Waals surface area contributed by atoms with Crippen LogP contribution in [0.1, 0.15) is 60.2 Å². The summed E-state index contributed by atoms with van der Waals surface area (Å²) in [6.45, 7) is 13.4. The Morgan fingerprint density at radius 2 is 1.90 bits per heavy atom. The first-order valence-electron chi connectivity index (χ1n) is 11.5. The van der Waals surface area contributed by atoms with Crippen LogP contribution in [0.15, 0.2) is 23.6 Å². The number of thiophene rings is 1. The number of amides is 1. The van der Waals surface area contributed by atoms with Crippen molar-refractivity contribution >= 4 is 23.0 Å². The Morgan fingerprint density at radius 3 is 2.52 bits per heavy atom. The molecule has 31 heavy (non-hydrogen) atoms. The summed E-state index contributed by atoms with van der Waals surface area (Å²) in [5.41, 5.74) is 3.05. The van der Waals surface area contributed by atoms with Gasteiger partial charge in [-0.2, -0.15) is 0 Å². The summed E-state index contributed by atoms with van der Waals surface area (Å²) in [7, 11) is 0. The van der Waals surface area contributed by atoms with E-state index in [2.05, 4.69) is 66.9 Å². The largest absolute Gasteiger partial charge is 0.353 e. The fraction of sp³-hybridized carbons (Fsp3) is 0.600. The van der Waals surface area contributed by atoms with Crippen LogP contribution < -0.4 is 5.32 Å². The summed E-state index contributed by atoms with van der Waals surface area (Å²) in [6, 6.07) is 6.49. The number of nitrogens with one attached hydrogen (secondary N) is 1. The first-order valence-corrected chi connectivity index (χ1v) is 12.4. The molecule has 2 aromatic rings. The van der Waals surface area contributed by atoms with Crippen molar-refractivity contribution < 1.29 is 9.59 Å². The molecule has 1 unspecified atom stereocenters. The molecule has 170 valence electrons. The number of Topliss-reactive ketones (excluding diaryl/α,β-unsaturated/α-hetero) is 1. The molecule has 1 saturated heterocycles. The Bertz CT molecular complexity index is 877. The van der Waals surface area contributed by atoms with Crippen molar-refractivity contribution in [3.63, 3.8) is 0 Å². The van der Waals surface area contributed by atoms with Gasteiger partial charge >= 0.3 is 0 Å². The Morgan fingerprint density at radius 1 is 1.19 bits per heavy atom. The third kappa shape index (κ3) is 6.07. The van der Waals surface area contributed by atoms with Gasteiger partial charge in [0.1, 0.15) is 0 Å². The lowest BCUT2D eigenvalue weighted by atomic mass is 9.94. The average Bonchev–Trinajstić information content (AvgIpc) is 3.35. The quantitative estimate of drug-likeness (QED) is 0.582. The zero-order valence-electron chi connectivity index (χ0n) is 19.6. The molecular weight excluding hydrogens is 406 g/mol. The number of hydrogen-bond acceptors (Lipinski definition) is 4. The van der Waals surface area contributed by atoms with Crippen LogP contribution in [-0.2, 0) is 17.8 Å². The van der Waals surface area contributed by atoms with E-state index >= 15 is 0 Å². The summed E-state index contributed by atoms with van der Waals surface area (Å²) in [6.07, 6.45) is 2.64. The molecule has 1 N–H and O–H groups in total. The van der Waals surface area contributed by atoms with Gasteiger partial charge < -0.3 is 9.88 Å². The standard InChI is InChI=1S/C25H37N3O2S/c1-17(2)19(4)26-25(30)21-8-11-27(12-9-21)16-24(29)23-15-18(3)28(20(23)5)13-10-22-7-6-14-31-22/h6-7,14-15,17,19,21H,8-13,16H2,1-5H3,(H,26,30). The van der Waals surface area contributed by atoms with Crippen LogP contribution in [0.2, 0.25) is 0 Å². The van der Waals surface area contributed by atoms with Crippen molar-refractivity contribution in [3.8, 4) is 0 Å². The minimum atomic E-state index is 0.0647. The maximum absolute atomic E-state index is 13.0. The highest BCUT2D eigenvalue weighted by Gasteiger charge is 2.28. The van der Waals surface area contributed by atoms with Crippen LogP contribution in [0.3, 0.4) is 0 Å². The number of hydrogen-bond donors (Lipinski definition) is 1. The van der Waals surface area contributed by atoms with Crippen molar-refractivity contribution in [2.24, 2.45) is 11.8 Å². The van der Waals surface area contributed by atoms with Crippen molar-refractivity contribution in [1.82, 2.24) is 14.8 Å². The van der Waals surface area contributed by atoms with Gasteiger partial charge in [0, 0.05) is 40.3 Å². The number of piperidine rings is 1. The Balaban J connectivity index is 1.52. The summed E-state index contributed by atoms with van der Waals surface area (Å²) in [5.74, 6) is 0.856. The topological polar surface area (TPSA) is 54.3 Å². The fourth-order valence-electron chi connectivity index (χ4n) is 4.25. The van der Waals surface area contributed by atoms with Gasteiger partial charge in [-0.3, -0.25) is 14.5 Å². The zero-order valence-corrected chi connectivity index (χ0v) is 20.4. The molecule has 1 aliphatic heterocycles. The number of aromatic nitrogens is 1. The molecule has 3 heterocycles. The number of carbonyl (C=O) groups excluding carboxylic acids is 2. The van der Waals surface area contributed by atoms with Crippen LogP contribution in [0, 0.1) is 25.7 Å². The first-order chi connectivity index (χ1) is 14.8. The maximum atomic E-state index is 13.0. The van der Waals surface area contributed by atoms with Crippen molar-refractivity contribution in [1.29, 1.82) is 0 Å². The predicted octanol–water partition coefficient (Wildman–Crippen LogP) is 4.46. The second-order valence-corrected chi connectivity index (χ2v) is 10.3. The van der Waals surface area contributed by atoms with Crippen molar-refractivity contribution in [2.75, 3.05) is 19.6 Å². The zero-order chi connectivity index (χ0) is 22.5. The van der Waals surface area contributed by atoms with E-state index in [1.807, 2.05) is 6.07 Å². The lowest BCUT2D eigenvalue weighted by Gasteiger charge is -2.31. The van der Waals surface area contributed by atoms with Gasteiger partial charge in [-0.25, -0.2) is 0 Å². The fourth-order valence-corrected chi connectivity index (χ4v) is 4.95. The van der Waals surface area contributed by atoms with Crippen LogP contribution >= 0.6 is 11.3 Å². The molecule has 2 aromatic heterocycles. The number of aryl methyl sites for hydroxylation is 2. The Labute approximate surface area is 190 Å². The molecule has 0 bridgehead atoms. The molecule has 0 radical (unpaired) electrons. The van der Waals surface area contributed by atoms with E-state index in [9.17, 15) is 9.59 Å². The first kappa shape index (κ1) is 23.7. The van der Waals surface area contributed by atoms with Gasteiger partial charge in [0.2, 0.25) is 5.91 Å². The lowest BCUT2D eigenvalue weighted by molar-refractivity contribution is -0.127. The molecular formula is C25H37N3O2S. The molecule has 1 atom stereocenters. The normalized spacial score (nSPS) is 16.6. The SMILES string of the molecule is Cc1cc(C(=O)CN2CCC(C(=O)NC(C)C(C)C)CC2)c(C)n1CCc1cccs1. The monoisotopic (exact) mass is 443 g/mol. The van der Waals surface area contributed by atoms with Gasteiger partial charge in [-0.15, -0.1) is 11.3 Å². The summed E-state index contributed by atoms with van der Waals surface area (Å²) in [5, 5.41) is 5.25. The molecule has 6 heteroatoms. The Hall–Kier alpha value is -1.92. The second kappa shape index (κ2) is 10.6. The number of ketones is 1. The molecule has 1 fully saturated rings. The molecule has 1 amide bonds. The maximum Gasteiger partial charge on any atom is 0.223 e. The molecule has 0 saturated carbocycles. The molecule has 0 aromatic carbocycles. The average molecular weight is 444 g/mol. The smallest absolute Gasteiger partial charge is 0.223 e. The third-order valence-corrected chi connectivity index (χ3v) is 7.67. The number of likely N-dealkylation sites (tertiary alicyclic amines) is 1. The van der Waals surface area contributed by atoms with Gasteiger partial charge in [-0.05, 0) is 76.6 Å². The van der Waals surface area contributed by atoms with Crippen LogP contribution in [0.25, 0.3) is 0 Å². The summed E-state index contributed by atoms with van der Waals surface area (Å²) >= 11 is 1.78. The Kier molecular flexibility index (Phi) is 8.11. The van der Waals surface area contributed by atoms with Crippen LogP contribution in [0.4, 0.5) is 0 Å². The molecule has 0 aliphatic carbocycles. The van der Waals surface area contributed by atoms with E-state index in [-0.39, 0.29) is 23.7 Å². The van der Waals surface area contributed by atoms with E-state index in [4.69, 9.17) is 0 Å². The van der Waals surface area contributed by atoms with Gasteiger partial charge in [0.25, 0.3) is 0 Å². The highest BCUT2D eigenvalue weighted by atomic mass is 32.1.